The molecule has 1 heterocycles. The second-order valence-electron chi connectivity index (χ2n) is 3.22. The van der Waals surface area contributed by atoms with E-state index in [1.807, 2.05) is 30.3 Å². The highest BCUT2D eigenvalue weighted by molar-refractivity contribution is 5.79. The van der Waals surface area contributed by atoms with Gasteiger partial charge in [-0.25, -0.2) is 4.98 Å². The fourth-order valence-corrected chi connectivity index (χ4v) is 1.44. The van der Waals surface area contributed by atoms with Crippen molar-refractivity contribution in [3.63, 3.8) is 0 Å². The molecule has 1 aromatic carbocycles. The Hall–Kier alpha value is -2.57. The zero-order chi connectivity index (χ0) is 11.4. The molecule has 0 atom stereocenters. The minimum absolute atomic E-state index is 0.297. The van der Waals surface area contributed by atoms with Gasteiger partial charge in [-0.2, -0.15) is 5.26 Å². The first-order valence-corrected chi connectivity index (χ1v) is 4.64. The molecule has 0 spiro atoms. The monoisotopic (exact) mass is 209 g/mol. The normalized spacial score (nSPS) is 9.44. The smallest absolute Gasteiger partial charge is 0.141 e. The molecule has 0 radical (unpaired) electrons. The summed E-state index contributed by atoms with van der Waals surface area (Å²) in [5, 5.41) is 13.2. The molecule has 0 unspecified atom stereocenters. The van der Waals surface area contributed by atoms with E-state index in [0.717, 1.165) is 16.5 Å². The van der Waals surface area contributed by atoms with Gasteiger partial charge in [-0.1, -0.05) is 17.2 Å². The first-order valence-electron chi connectivity index (χ1n) is 4.64. The Bertz CT molecular complexity index is 620. The Morgan fingerprint density at radius 1 is 1.38 bits per heavy atom. The summed E-state index contributed by atoms with van der Waals surface area (Å²) in [6.45, 7) is 0.297. The fourth-order valence-electron chi connectivity index (χ4n) is 1.44. The zero-order valence-electron chi connectivity index (χ0n) is 8.33. The third kappa shape index (κ3) is 1.92. The Balaban J connectivity index is 2.51. The third-order valence-corrected chi connectivity index (χ3v) is 2.19. The highest BCUT2D eigenvalue weighted by Gasteiger charge is 1.99. The zero-order valence-corrected chi connectivity index (χ0v) is 8.33. The largest absolute Gasteiger partial charge is 0.237 e. The molecule has 0 fully saturated rings. The van der Waals surface area contributed by atoms with Crippen LogP contribution < -0.4 is 0 Å². The molecule has 2 aromatic rings. The number of hydrogen-bond acceptors (Lipinski definition) is 3. The van der Waals surface area contributed by atoms with Gasteiger partial charge in [-0.3, -0.25) is 0 Å². The minimum atomic E-state index is 0.297. The topological polar surface area (TPSA) is 85.4 Å². The average molecular weight is 209 g/mol. The molecule has 0 amide bonds. The number of fused-ring (bicyclic) bond motifs is 1. The van der Waals surface area contributed by atoms with Crippen molar-refractivity contribution in [3.8, 4) is 6.07 Å². The van der Waals surface area contributed by atoms with Gasteiger partial charge >= 0.3 is 0 Å². The lowest BCUT2D eigenvalue weighted by Gasteiger charge is -2.00. The summed E-state index contributed by atoms with van der Waals surface area (Å²) in [4.78, 5) is 6.86. The van der Waals surface area contributed by atoms with Gasteiger partial charge in [0.25, 0.3) is 0 Å². The van der Waals surface area contributed by atoms with Crippen molar-refractivity contribution in [2.24, 2.45) is 5.11 Å². The SMILES string of the molecule is N#Cc1ccc2ccc(CN=[N+]=[N-])cc2n1. The molecule has 0 aliphatic heterocycles. The molecule has 5 heteroatoms. The van der Waals surface area contributed by atoms with Crippen LogP contribution in [0.2, 0.25) is 0 Å². The molecule has 76 valence electrons. The number of aromatic nitrogens is 1. The van der Waals surface area contributed by atoms with E-state index in [4.69, 9.17) is 10.8 Å². The van der Waals surface area contributed by atoms with Crippen LogP contribution in [0.1, 0.15) is 11.3 Å². The quantitative estimate of drug-likeness (QED) is 0.432. The van der Waals surface area contributed by atoms with E-state index in [2.05, 4.69) is 15.0 Å². The van der Waals surface area contributed by atoms with Gasteiger partial charge < -0.3 is 0 Å². The van der Waals surface area contributed by atoms with Crippen molar-refractivity contribution in [2.75, 3.05) is 0 Å². The van der Waals surface area contributed by atoms with Crippen molar-refractivity contribution in [1.29, 1.82) is 5.26 Å². The summed E-state index contributed by atoms with van der Waals surface area (Å²) in [5.41, 5.74) is 10.2. The highest BCUT2D eigenvalue weighted by atomic mass is 15.1. The predicted molar refractivity (Wildman–Crippen MR) is 59.3 cm³/mol. The van der Waals surface area contributed by atoms with Gasteiger partial charge in [0.05, 0.1) is 12.1 Å². The summed E-state index contributed by atoms with van der Waals surface area (Å²) in [6.07, 6.45) is 0. The van der Waals surface area contributed by atoms with Crippen LogP contribution in [-0.4, -0.2) is 4.98 Å². The standard InChI is InChI=1S/C11H7N5/c12-6-10-4-3-9-2-1-8(7-14-16-13)5-11(9)15-10/h1-5H,7H2. The van der Waals surface area contributed by atoms with Gasteiger partial charge in [-0.15, -0.1) is 0 Å². The maximum atomic E-state index is 8.73. The summed E-state index contributed by atoms with van der Waals surface area (Å²) < 4.78 is 0. The second kappa shape index (κ2) is 4.30. The Labute approximate surface area is 91.6 Å². The van der Waals surface area contributed by atoms with E-state index in [-0.39, 0.29) is 0 Å². The van der Waals surface area contributed by atoms with Gasteiger partial charge in [0, 0.05) is 10.3 Å². The van der Waals surface area contributed by atoms with Crippen LogP contribution in [0.3, 0.4) is 0 Å². The molecule has 5 nitrogen and oxygen atoms in total. The molecule has 0 aliphatic rings. The van der Waals surface area contributed by atoms with Crippen LogP contribution in [-0.2, 0) is 6.54 Å². The summed E-state index contributed by atoms with van der Waals surface area (Å²) in [7, 11) is 0. The van der Waals surface area contributed by atoms with E-state index in [1.165, 1.54) is 0 Å². The van der Waals surface area contributed by atoms with Gasteiger partial charge in [0.1, 0.15) is 11.8 Å². The first kappa shape index (κ1) is 9.97. The van der Waals surface area contributed by atoms with Crippen LogP contribution in [0.15, 0.2) is 35.4 Å². The molecule has 0 bridgehead atoms. The molecular weight excluding hydrogens is 202 g/mol. The summed E-state index contributed by atoms with van der Waals surface area (Å²) in [6, 6.07) is 11.1. The Morgan fingerprint density at radius 3 is 2.94 bits per heavy atom. The number of azide groups is 1. The van der Waals surface area contributed by atoms with Crippen LogP contribution in [0.25, 0.3) is 21.3 Å². The number of nitrogens with zero attached hydrogens (tertiary/aromatic N) is 5. The molecule has 1 aromatic heterocycles. The maximum absolute atomic E-state index is 8.73. The molecule has 0 aliphatic carbocycles. The van der Waals surface area contributed by atoms with Gasteiger partial charge in [0.15, 0.2) is 0 Å². The summed E-state index contributed by atoms with van der Waals surface area (Å²) in [5.74, 6) is 0. The van der Waals surface area contributed by atoms with Crippen LogP contribution in [0.4, 0.5) is 0 Å². The van der Waals surface area contributed by atoms with Crippen molar-refractivity contribution >= 4 is 10.9 Å². The fraction of sp³-hybridized carbons (Fsp3) is 0.0909. The van der Waals surface area contributed by atoms with E-state index >= 15 is 0 Å². The van der Waals surface area contributed by atoms with Crippen molar-refractivity contribution in [3.05, 3.63) is 52.0 Å². The van der Waals surface area contributed by atoms with Crippen molar-refractivity contribution in [2.45, 2.75) is 6.54 Å². The van der Waals surface area contributed by atoms with E-state index in [9.17, 15) is 0 Å². The molecule has 2 rings (SSSR count). The molecular formula is C11H7N5. The van der Waals surface area contributed by atoms with Gasteiger partial charge in [0.2, 0.25) is 0 Å². The van der Waals surface area contributed by atoms with E-state index in [1.54, 1.807) is 6.07 Å². The minimum Gasteiger partial charge on any atom is -0.237 e. The lowest BCUT2D eigenvalue weighted by molar-refractivity contribution is 1.05. The van der Waals surface area contributed by atoms with E-state index < -0.39 is 0 Å². The lowest BCUT2D eigenvalue weighted by Crippen LogP contribution is -1.86. The number of rotatable bonds is 2. The molecule has 0 N–H and O–H groups in total. The van der Waals surface area contributed by atoms with Crippen molar-refractivity contribution in [1.82, 2.24) is 4.98 Å². The first-order chi connectivity index (χ1) is 7.83. The molecule has 0 saturated carbocycles. The highest BCUT2D eigenvalue weighted by Crippen LogP contribution is 2.15. The Kier molecular flexibility index (Phi) is 2.68. The van der Waals surface area contributed by atoms with Crippen LogP contribution >= 0.6 is 0 Å². The molecule has 0 saturated heterocycles. The van der Waals surface area contributed by atoms with E-state index in [0.29, 0.717) is 12.2 Å². The predicted octanol–water partition coefficient (Wildman–Crippen LogP) is 2.92. The number of hydrogen-bond donors (Lipinski definition) is 0. The Morgan fingerprint density at radius 2 is 2.19 bits per heavy atom. The number of nitriles is 1. The third-order valence-electron chi connectivity index (χ3n) is 2.19. The average Bonchev–Trinajstić information content (AvgIpc) is 2.35. The maximum Gasteiger partial charge on any atom is 0.141 e. The lowest BCUT2D eigenvalue weighted by atomic mass is 10.1. The van der Waals surface area contributed by atoms with Gasteiger partial charge in [-0.05, 0) is 29.3 Å². The second-order valence-corrected chi connectivity index (χ2v) is 3.22. The molecule has 16 heavy (non-hydrogen) atoms. The number of benzene rings is 1. The van der Waals surface area contributed by atoms with Crippen LogP contribution in [0.5, 0.6) is 0 Å². The van der Waals surface area contributed by atoms with Crippen molar-refractivity contribution < 1.29 is 0 Å². The summed E-state index contributed by atoms with van der Waals surface area (Å²) >= 11 is 0. The van der Waals surface area contributed by atoms with Crippen LogP contribution in [0, 0.1) is 11.3 Å². The number of pyridine rings is 1.